The molecule has 1 saturated carbocycles. The monoisotopic (exact) mass is 288 g/mol. The Morgan fingerprint density at radius 3 is 2.82 bits per heavy atom. The van der Waals surface area contributed by atoms with E-state index in [1.54, 1.807) is 5.57 Å². The van der Waals surface area contributed by atoms with Crippen molar-refractivity contribution in [1.29, 1.82) is 0 Å². The Bertz CT molecular complexity index is 858. The average Bonchev–Trinajstić information content (AvgIpc) is 3.11. The summed E-state index contributed by atoms with van der Waals surface area (Å²) >= 11 is 0. The van der Waals surface area contributed by atoms with Crippen molar-refractivity contribution >= 4 is 16.6 Å². The summed E-state index contributed by atoms with van der Waals surface area (Å²) in [5, 5.41) is 2.48. The van der Waals surface area contributed by atoms with Gasteiger partial charge in [0, 0.05) is 11.0 Å². The molecular weight excluding hydrogens is 268 g/mol. The highest BCUT2D eigenvalue weighted by atomic mass is 16.1. The van der Waals surface area contributed by atoms with Gasteiger partial charge in [0.1, 0.15) is 0 Å². The first-order valence-corrected chi connectivity index (χ1v) is 8.42. The van der Waals surface area contributed by atoms with Crippen LogP contribution in [0.3, 0.4) is 0 Å². The number of hydrogen-bond acceptors (Lipinski definition) is 1. The maximum atomic E-state index is 13.3. The van der Waals surface area contributed by atoms with E-state index < -0.39 is 0 Å². The molecule has 5 rings (SSSR count). The number of benzene rings is 2. The van der Waals surface area contributed by atoms with Crippen LogP contribution in [0.1, 0.15) is 47.2 Å². The van der Waals surface area contributed by atoms with E-state index >= 15 is 0 Å². The summed E-state index contributed by atoms with van der Waals surface area (Å²) in [4.78, 5) is 13.3. The molecule has 1 spiro atoms. The molecule has 0 saturated heterocycles. The predicted molar refractivity (Wildman–Crippen MR) is 89.2 cm³/mol. The molecule has 0 amide bonds. The Balaban J connectivity index is 1.67. The Labute approximate surface area is 131 Å². The van der Waals surface area contributed by atoms with Gasteiger partial charge in [-0.25, -0.2) is 0 Å². The van der Waals surface area contributed by atoms with Gasteiger partial charge in [-0.3, -0.25) is 4.79 Å². The van der Waals surface area contributed by atoms with E-state index in [1.165, 1.54) is 28.3 Å². The number of hydrogen-bond donors (Lipinski definition) is 0. The Kier molecular flexibility index (Phi) is 2.35. The van der Waals surface area contributed by atoms with Gasteiger partial charge in [0.05, 0.1) is 0 Å². The molecule has 2 atom stereocenters. The Morgan fingerprint density at radius 2 is 2.05 bits per heavy atom. The zero-order valence-electron chi connectivity index (χ0n) is 13.0. The number of allylic oxidation sites excluding steroid dienone is 2. The van der Waals surface area contributed by atoms with Gasteiger partial charge in [0.25, 0.3) is 0 Å². The van der Waals surface area contributed by atoms with E-state index in [1.807, 2.05) is 0 Å². The molecular formula is C21H20O. The van der Waals surface area contributed by atoms with Gasteiger partial charge in [-0.2, -0.15) is 0 Å². The number of Topliss-reactive ketones (excluding diaryl/α,β-unsaturated/α-hetero) is 1. The van der Waals surface area contributed by atoms with E-state index in [0.717, 1.165) is 31.2 Å². The van der Waals surface area contributed by atoms with Gasteiger partial charge in [-0.15, -0.1) is 0 Å². The predicted octanol–water partition coefficient (Wildman–Crippen LogP) is 5.00. The van der Waals surface area contributed by atoms with Crippen LogP contribution in [-0.4, -0.2) is 5.78 Å². The van der Waals surface area contributed by atoms with Crippen molar-refractivity contribution in [1.82, 2.24) is 0 Å². The molecule has 0 aliphatic heterocycles. The van der Waals surface area contributed by atoms with Crippen LogP contribution in [0.5, 0.6) is 0 Å². The minimum atomic E-state index is -0.0601. The molecule has 22 heavy (non-hydrogen) atoms. The molecule has 2 unspecified atom stereocenters. The lowest BCUT2D eigenvalue weighted by molar-refractivity contribution is 0.0671. The molecule has 3 aliphatic carbocycles. The van der Waals surface area contributed by atoms with Gasteiger partial charge >= 0.3 is 0 Å². The summed E-state index contributed by atoms with van der Waals surface area (Å²) in [7, 11) is 0. The molecule has 2 aromatic rings. The lowest BCUT2D eigenvalue weighted by Gasteiger charge is -2.38. The Hall–Kier alpha value is -1.89. The minimum absolute atomic E-state index is 0.0601. The van der Waals surface area contributed by atoms with Crippen molar-refractivity contribution in [2.24, 2.45) is 11.3 Å². The summed E-state index contributed by atoms with van der Waals surface area (Å²) in [5.41, 5.74) is 5.04. The van der Waals surface area contributed by atoms with E-state index in [9.17, 15) is 4.79 Å². The highest BCUT2D eigenvalue weighted by molar-refractivity contribution is 6.06. The molecule has 0 radical (unpaired) electrons. The SMILES string of the molecule is Cc1ccc2cc3c(cc2c1)CCC1(CC2=CCC1C2)C3=O. The second kappa shape index (κ2) is 4.10. The van der Waals surface area contributed by atoms with Crippen LogP contribution in [0.2, 0.25) is 0 Å². The number of carbonyl (C=O) groups excluding carboxylic acids is 1. The van der Waals surface area contributed by atoms with Gasteiger partial charge in [0.2, 0.25) is 0 Å². The topological polar surface area (TPSA) is 17.1 Å². The van der Waals surface area contributed by atoms with Gasteiger partial charge < -0.3 is 0 Å². The van der Waals surface area contributed by atoms with Crippen LogP contribution in [0.25, 0.3) is 10.8 Å². The summed E-state index contributed by atoms with van der Waals surface area (Å²) < 4.78 is 0. The van der Waals surface area contributed by atoms with E-state index in [-0.39, 0.29) is 5.41 Å². The highest BCUT2D eigenvalue weighted by Crippen LogP contribution is 2.58. The zero-order chi connectivity index (χ0) is 14.9. The second-order valence-corrected chi connectivity index (χ2v) is 7.52. The van der Waals surface area contributed by atoms with Crippen LogP contribution in [0.4, 0.5) is 0 Å². The largest absolute Gasteiger partial charge is 0.294 e. The lowest BCUT2D eigenvalue weighted by atomic mass is 9.63. The zero-order valence-corrected chi connectivity index (χ0v) is 13.0. The summed E-state index contributed by atoms with van der Waals surface area (Å²) in [6.45, 7) is 2.13. The summed E-state index contributed by atoms with van der Waals surface area (Å²) in [6, 6.07) is 10.9. The third-order valence-corrected chi connectivity index (χ3v) is 6.28. The van der Waals surface area contributed by atoms with Crippen LogP contribution in [0.15, 0.2) is 42.0 Å². The van der Waals surface area contributed by atoms with Crippen LogP contribution >= 0.6 is 0 Å². The maximum Gasteiger partial charge on any atom is 0.169 e. The maximum absolute atomic E-state index is 13.3. The first kappa shape index (κ1) is 12.6. The minimum Gasteiger partial charge on any atom is -0.294 e. The smallest absolute Gasteiger partial charge is 0.169 e. The number of fused-ring (bicyclic) bond motifs is 5. The first-order valence-electron chi connectivity index (χ1n) is 8.42. The number of carbonyl (C=O) groups is 1. The van der Waals surface area contributed by atoms with Gasteiger partial charge in [-0.05, 0) is 67.3 Å². The van der Waals surface area contributed by atoms with Gasteiger partial charge in [0.15, 0.2) is 5.78 Å². The third-order valence-electron chi connectivity index (χ3n) is 6.28. The molecule has 2 aromatic carbocycles. The molecule has 110 valence electrons. The summed E-state index contributed by atoms with van der Waals surface area (Å²) in [5.74, 6) is 1.01. The number of rotatable bonds is 0. The highest BCUT2D eigenvalue weighted by Gasteiger charge is 2.53. The summed E-state index contributed by atoms with van der Waals surface area (Å²) in [6.07, 6.45) is 7.83. The molecule has 0 aromatic heterocycles. The quantitative estimate of drug-likeness (QED) is 0.623. The van der Waals surface area contributed by atoms with Gasteiger partial charge in [-0.1, -0.05) is 41.5 Å². The first-order chi connectivity index (χ1) is 10.7. The third kappa shape index (κ3) is 1.52. The Morgan fingerprint density at radius 1 is 1.14 bits per heavy atom. The van der Waals surface area contributed by atoms with Crippen LogP contribution in [0, 0.1) is 18.3 Å². The number of ketones is 1. The normalized spacial score (nSPS) is 29.2. The van der Waals surface area contributed by atoms with Crippen molar-refractivity contribution < 1.29 is 4.79 Å². The molecule has 1 nitrogen and oxygen atoms in total. The van der Waals surface area contributed by atoms with Crippen molar-refractivity contribution in [2.75, 3.05) is 0 Å². The van der Waals surface area contributed by atoms with Crippen molar-refractivity contribution in [2.45, 2.75) is 39.0 Å². The van der Waals surface area contributed by atoms with Crippen molar-refractivity contribution in [3.05, 3.63) is 58.7 Å². The molecule has 0 heterocycles. The van der Waals surface area contributed by atoms with E-state index in [2.05, 4.69) is 43.3 Å². The van der Waals surface area contributed by atoms with Crippen molar-refractivity contribution in [3.8, 4) is 0 Å². The lowest BCUT2D eigenvalue weighted by Crippen LogP contribution is -2.39. The fourth-order valence-corrected chi connectivity index (χ4v) is 5.09. The van der Waals surface area contributed by atoms with Crippen molar-refractivity contribution in [3.63, 3.8) is 0 Å². The molecule has 3 aliphatic rings. The standard InChI is InChI=1S/C21H20O/c1-13-2-4-15-11-19-16(10-17(15)8-13)6-7-21(20(19)22)12-14-3-5-18(21)9-14/h2-4,8,10-11,18H,5-7,9,12H2,1H3. The van der Waals surface area contributed by atoms with E-state index in [4.69, 9.17) is 0 Å². The second-order valence-electron chi connectivity index (χ2n) is 7.52. The number of aryl methyl sites for hydroxylation is 2. The molecule has 2 bridgehead atoms. The molecule has 1 heteroatoms. The molecule has 0 N–H and O–H groups in total. The molecule has 1 fully saturated rings. The fraction of sp³-hybridized carbons (Fsp3) is 0.381. The average molecular weight is 288 g/mol. The fourth-order valence-electron chi connectivity index (χ4n) is 5.09. The van der Waals surface area contributed by atoms with Crippen LogP contribution < -0.4 is 0 Å². The van der Waals surface area contributed by atoms with E-state index in [0.29, 0.717) is 11.7 Å². The van der Waals surface area contributed by atoms with Crippen LogP contribution in [-0.2, 0) is 6.42 Å².